The molecule has 1 amide bonds. The number of aromatic amines is 1. The molecule has 2 N–H and O–H groups in total. The zero-order chi connectivity index (χ0) is 15.9. The van der Waals surface area contributed by atoms with Gasteiger partial charge in [0.1, 0.15) is 5.82 Å². The third-order valence-electron chi connectivity index (χ3n) is 4.68. The molecule has 2 aromatic carbocycles. The van der Waals surface area contributed by atoms with Crippen molar-refractivity contribution in [3.63, 3.8) is 0 Å². The highest BCUT2D eigenvalue weighted by Crippen LogP contribution is 2.48. The van der Waals surface area contributed by atoms with Crippen LogP contribution in [-0.2, 0) is 10.2 Å². The molecule has 0 aliphatic heterocycles. The largest absolute Gasteiger partial charge is 0.346 e. The first-order chi connectivity index (χ1) is 11.2. The lowest BCUT2D eigenvalue weighted by molar-refractivity contribution is -0.124. The molecular formula is C19H19N3O. The van der Waals surface area contributed by atoms with Gasteiger partial charge in [-0.1, -0.05) is 42.5 Å². The number of aromatic nitrogens is 2. The molecule has 1 saturated carbocycles. The van der Waals surface area contributed by atoms with E-state index < -0.39 is 0 Å². The van der Waals surface area contributed by atoms with E-state index in [2.05, 4.69) is 15.3 Å². The minimum atomic E-state index is -0.346. The van der Waals surface area contributed by atoms with E-state index in [0.717, 1.165) is 35.3 Å². The molecule has 1 aliphatic rings. The number of nitrogens with zero attached hydrogens (tertiary/aromatic N) is 1. The number of imidazole rings is 1. The van der Waals surface area contributed by atoms with Gasteiger partial charge >= 0.3 is 0 Å². The summed E-state index contributed by atoms with van der Waals surface area (Å²) in [4.78, 5) is 20.6. The summed E-state index contributed by atoms with van der Waals surface area (Å²) in [6, 6.07) is 17.8. The number of carbonyl (C=O) groups is 1. The lowest BCUT2D eigenvalue weighted by atomic mass is 9.95. The lowest BCUT2D eigenvalue weighted by Gasteiger charge is -2.19. The zero-order valence-corrected chi connectivity index (χ0v) is 13.0. The van der Waals surface area contributed by atoms with Crippen LogP contribution in [0.1, 0.15) is 37.2 Å². The molecule has 0 saturated heterocycles. The highest BCUT2D eigenvalue weighted by molar-refractivity contribution is 5.91. The van der Waals surface area contributed by atoms with E-state index in [4.69, 9.17) is 0 Å². The van der Waals surface area contributed by atoms with Crippen molar-refractivity contribution >= 4 is 16.9 Å². The normalized spacial score (nSPS) is 16.9. The Kier molecular flexibility index (Phi) is 3.18. The predicted molar refractivity (Wildman–Crippen MR) is 90.0 cm³/mol. The molecule has 1 atom stereocenters. The number of fused-ring (bicyclic) bond motifs is 1. The van der Waals surface area contributed by atoms with E-state index in [1.807, 2.05) is 61.5 Å². The highest BCUT2D eigenvalue weighted by Gasteiger charge is 2.51. The van der Waals surface area contributed by atoms with Gasteiger partial charge in [-0.05, 0) is 37.5 Å². The van der Waals surface area contributed by atoms with Gasteiger partial charge in [0.25, 0.3) is 0 Å². The van der Waals surface area contributed by atoms with Gasteiger partial charge in [-0.25, -0.2) is 4.98 Å². The summed E-state index contributed by atoms with van der Waals surface area (Å²) in [6.45, 7) is 1.97. The maximum absolute atomic E-state index is 12.8. The van der Waals surface area contributed by atoms with Crippen molar-refractivity contribution in [2.24, 2.45) is 0 Å². The van der Waals surface area contributed by atoms with Gasteiger partial charge in [0.15, 0.2) is 0 Å². The molecule has 3 aromatic rings. The maximum atomic E-state index is 12.8. The number of hydrogen-bond donors (Lipinski definition) is 2. The van der Waals surface area contributed by atoms with Gasteiger partial charge in [-0.2, -0.15) is 0 Å². The molecular weight excluding hydrogens is 286 g/mol. The number of carbonyl (C=O) groups excluding carboxylic acids is 1. The average Bonchev–Trinajstić information content (AvgIpc) is 3.28. The SMILES string of the molecule is C[C@H](NC(=O)C1(c2ccccc2)CC1)c1nc2ccccc2[nH]1. The molecule has 0 unspecified atom stereocenters. The van der Waals surface area contributed by atoms with E-state index in [0.29, 0.717) is 0 Å². The summed E-state index contributed by atoms with van der Waals surface area (Å²) in [5.74, 6) is 0.889. The molecule has 1 aromatic heterocycles. The molecule has 4 nitrogen and oxygen atoms in total. The number of rotatable bonds is 4. The Hall–Kier alpha value is -2.62. The number of benzene rings is 2. The van der Waals surface area contributed by atoms with Crippen LogP contribution in [0.3, 0.4) is 0 Å². The molecule has 4 heteroatoms. The second kappa shape index (κ2) is 5.23. The fourth-order valence-corrected chi connectivity index (χ4v) is 3.11. The molecule has 1 aliphatic carbocycles. The number of para-hydroxylation sites is 2. The Morgan fingerprint density at radius 3 is 2.52 bits per heavy atom. The monoisotopic (exact) mass is 305 g/mol. The molecule has 0 spiro atoms. The van der Waals surface area contributed by atoms with E-state index in [1.165, 1.54) is 0 Å². The third-order valence-corrected chi connectivity index (χ3v) is 4.68. The van der Waals surface area contributed by atoms with Gasteiger partial charge in [-0.3, -0.25) is 4.79 Å². The van der Waals surface area contributed by atoms with Crippen LogP contribution in [-0.4, -0.2) is 15.9 Å². The van der Waals surface area contributed by atoms with Gasteiger partial charge in [0.05, 0.1) is 22.5 Å². The standard InChI is InChI=1S/C19H19N3O/c1-13(17-21-15-9-5-6-10-16(15)22-17)20-18(23)19(11-12-19)14-7-3-2-4-8-14/h2-10,13H,11-12H2,1H3,(H,20,23)(H,21,22)/t13-/m0/s1. The number of amides is 1. The minimum Gasteiger partial charge on any atom is -0.346 e. The van der Waals surface area contributed by atoms with Gasteiger partial charge in [0.2, 0.25) is 5.91 Å². The summed E-state index contributed by atoms with van der Waals surface area (Å²) >= 11 is 0. The summed E-state index contributed by atoms with van der Waals surface area (Å²) in [5.41, 5.74) is 2.68. The smallest absolute Gasteiger partial charge is 0.231 e. The molecule has 0 radical (unpaired) electrons. The topological polar surface area (TPSA) is 57.8 Å². The van der Waals surface area contributed by atoms with Crippen molar-refractivity contribution in [2.45, 2.75) is 31.2 Å². The first-order valence-corrected chi connectivity index (χ1v) is 8.00. The second-order valence-electron chi connectivity index (χ2n) is 6.28. The molecule has 116 valence electrons. The van der Waals surface area contributed by atoms with E-state index in [-0.39, 0.29) is 17.4 Å². The Balaban J connectivity index is 1.54. The Morgan fingerprint density at radius 1 is 1.13 bits per heavy atom. The zero-order valence-electron chi connectivity index (χ0n) is 13.0. The fourth-order valence-electron chi connectivity index (χ4n) is 3.11. The van der Waals surface area contributed by atoms with Crippen molar-refractivity contribution in [3.8, 4) is 0 Å². The first kappa shape index (κ1) is 14.0. The Labute approximate surface area is 134 Å². The molecule has 23 heavy (non-hydrogen) atoms. The van der Waals surface area contributed by atoms with Gasteiger partial charge in [-0.15, -0.1) is 0 Å². The average molecular weight is 305 g/mol. The minimum absolute atomic E-state index is 0.0941. The van der Waals surface area contributed by atoms with E-state index in [9.17, 15) is 4.79 Å². The number of nitrogens with one attached hydrogen (secondary N) is 2. The van der Waals surface area contributed by atoms with Crippen LogP contribution in [0.25, 0.3) is 11.0 Å². The summed E-state index contributed by atoms with van der Waals surface area (Å²) in [7, 11) is 0. The van der Waals surface area contributed by atoms with Crippen molar-refractivity contribution in [1.29, 1.82) is 0 Å². The summed E-state index contributed by atoms with van der Waals surface area (Å²) in [6.07, 6.45) is 1.82. The lowest BCUT2D eigenvalue weighted by Crippen LogP contribution is -2.36. The van der Waals surface area contributed by atoms with E-state index in [1.54, 1.807) is 0 Å². The van der Waals surface area contributed by atoms with Crippen LogP contribution in [0.4, 0.5) is 0 Å². The van der Waals surface area contributed by atoms with Crippen molar-refractivity contribution in [2.75, 3.05) is 0 Å². The van der Waals surface area contributed by atoms with Gasteiger partial charge in [0, 0.05) is 0 Å². The molecule has 1 heterocycles. The predicted octanol–water partition coefficient (Wildman–Crippen LogP) is 3.47. The van der Waals surface area contributed by atoms with Gasteiger partial charge < -0.3 is 10.3 Å². The number of H-pyrrole nitrogens is 1. The Bertz CT molecular complexity index is 816. The van der Waals surface area contributed by atoms with Crippen molar-refractivity contribution < 1.29 is 4.79 Å². The van der Waals surface area contributed by atoms with Crippen LogP contribution in [0.15, 0.2) is 54.6 Å². The summed E-state index contributed by atoms with van der Waals surface area (Å²) < 4.78 is 0. The number of hydrogen-bond acceptors (Lipinski definition) is 2. The molecule has 1 fully saturated rings. The molecule has 4 rings (SSSR count). The van der Waals surface area contributed by atoms with Crippen molar-refractivity contribution in [1.82, 2.24) is 15.3 Å². The third kappa shape index (κ3) is 2.40. The first-order valence-electron chi connectivity index (χ1n) is 8.00. The second-order valence-corrected chi connectivity index (χ2v) is 6.28. The summed E-state index contributed by atoms with van der Waals surface area (Å²) in [5, 5.41) is 3.13. The van der Waals surface area contributed by atoms with E-state index >= 15 is 0 Å². The van der Waals surface area contributed by atoms with Crippen LogP contribution in [0.2, 0.25) is 0 Å². The van der Waals surface area contributed by atoms with Crippen LogP contribution >= 0.6 is 0 Å². The molecule has 0 bridgehead atoms. The Morgan fingerprint density at radius 2 is 1.83 bits per heavy atom. The van der Waals surface area contributed by atoms with Crippen LogP contribution in [0.5, 0.6) is 0 Å². The van der Waals surface area contributed by atoms with Crippen LogP contribution in [0, 0.1) is 0 Å². The fraction of sp³-hybridized carbons (Fsp3) is 0.263. The van der Waals surface area contributed by atoms with Crippen molar-refractivity contribution in [3.05, 3.63) is 66.0 Å². The highest BCUT2D eigenvalue weighted by atomic mass is 16.2. The van der Waals surface area contributed by atoms with Crippen LogP contribution < -0.4 is 5.32 Å². The maximum Gasteiger partial charge on any atom is 0.231 e. The quantitative estimate of drug-likeness (QED) is 0.775.